The van der Waals surface area contributed by atoms with Crippen molar-refractivity contribution < 1.29 is 19.4 Å². The number of amides is 1. The first-order valence-corrected chi connectivity index (χ1v) is 11.8. The van der Waals surface area contributed by atoms with E-state index in [0.29, 0.717) is 43.9 Å². The van der Waals surface area contributed by atoms with Gasteiger partial charge in [0.25, 0.3) is 5.91 Å². The number of β-amino-alcohol motifs (C(OH)–C–C–N with tert-alkyl or cyclic N) is 1. The fourth-order valence-corrected chi connectivity index (χ4v) is 3.26. The van der Waals surface area contributed by atoms with Gasteiger partial charge in [-0.2, -0.15) is 0 Å². The number of unbranched alkanes of at least 4 members (excludes halogenated alkanes) is 1. The molecule has 0 bridgehead atoms. The number of rotatable bonds is 15. The van der Waals surface area contributed by atoms with E-state index in [4.69, 9.17) is 15.2 Å². The van der Waals surface area contributed by atoms with Crippen LogP contribution in [0.4, 0.5) is 0 Å². The Morgan fingerprint density at radius 1 is 1.09 bits per heavy atom. The fraction of sp³-hybridized carbons (Fsp3) is 0.720. The molecule has 0 aliphatic carbocycles. The van der Waals surface area contributed by atoms with Crippen molar-refractivity contribution in [1.82, 2.24) is 10.6 Å². The molecule has 0 aromatic heterocycles. The summed E-state index contributed by atoms with van der Waals surface area (Å²) in [5.74, 6) is 0.670. The summed E-state index contributed by atoms with van der Waals surface area (Å²) in [7, 11) is 1.68. The Balaban J connectivity index is 0. The standard InChI is InChI=1S/C25H45N3O4.2ClH/c1-18(2)21(14-13-20(26)22(29)17-27-25(3,4)5)28-24(30)19-11-7-8-12-23(19)32-16-10-9-15-31-6;;/h7-8,11-12,18,20-22,27,29H,9-10,13-17,26H2,1-6H3,(H,28,30);2*1H/t20-,21-,22-;;/m0../s1. The summed E-state index contributed by atoms with van der Waals surface area (Å²) in [5.41, 5.74) is 6.68. The van der Waals surface area contributed by atoms with Crippen LogP contribution in [0.1, 0.15) is 70.7 Å². The normalized spacial score (nSPS) is 13.9. The second kappa shape index (κ2) is 18.2. The summed E-state index contributed by atoms with van der Waals surface area (Å²) < 4.78 is 10.9. The molecular weight excluding hydrogens is 477 g/mol. The zero-order valence-corrected chi connectivity index (χ0v) is 23.3. The van der Waals surface area contributed by atoms with Crippen molar-refractivity contribution in [3.05, 3.63) is 29.8 Å². The molecule has 0 aliphatic heterocycles. The Morgan fingerprint density at radius 3 is 2.29 bits per heavy atom. The van der Waals surface area contributed by atoms with Crippen LogP contribution in [0.5, 0.6) is 5.75 Å². The maximum Gasteiger partial charge on any atom is 0.255 e. The maximum atomic E-state index is 13.0. The highest BCUT2D eigenvalue weighted by atomic mass is 35.5. The molecule has 1 aromatic rings. The second-order valence-electron chi connectivity index (χ2n) is 9.81. The van der Waals surface area contributed by atoms with Gasteiger partial charge in [-0.1, -0.05) is 26.0 Å². The van der Waals surface area contributed by atoms with Crippen LogP contribution < -0.4 is 21.1 Å². The first-order valence-electron chi connectivity index (χ1n) is 11.8. The minimum atomic E-state index is -0.634. The van der Waals surface area contributed by atoms with Gasteiger partial charge in [0.1, 0.15) is 5.75 Å². The predicted octanol–water partition coefficient (Wildman–Crippen LogP) is 3.95. The number of nitrogens with one attached hydrogen (secondary N) is 2. The zero-order chi connectivity index (χ0) is 24.1. The average molecular weight is 525 g/mol. The monoisotopic (exact) mass is 523 g/mol. The fourth-order valence-electron chi connectivity index (χ4n) is 3.26. The van der Waals surface area contributed by atoms with Gasteiger partial charge in [-0.3, -0.25) is 4.79 Å². The number of aliphatic hydroxyl groups excluding tert-OH is 1. The van der Waals surface area contributed by atoms with Crippen LogP contribution in [0.15, 0.2) is 24.3 Å². The lowest BCUT2D eigenvalue weighted by Crippen LogP contribution is -2.48. The lowest BCUT2D eigenvalue weighted by molar-refractivity contribution is 0.0911. The molecule has 5 N–H and O–H groups in total. The maximum absolute atomic E-state index is 13.0. The largest absolute Gasteiger partial charge is 0.493 e. The number of carbonyl (C=O) groups excluding carboxylic acids is 1. The van der Waals surface area contributed by atoms with E-state index in [1.165, 1.54) is 0 Å². The van der Waals surface area contributed by atoms with Crippen molar-refractivity contribution in [2.45, 2.75) is 84.0 Å². The van der Waals surface area contributed by atoms with Gasteiger partial charge >= 0.3 is 0 Å². The number of benzene rings is 1. The molecule has 34 heavy (non-hydrogen) atoms. The molecule has 1 amide bonds. The lowest BCUT2D eigenvalue weighted by atomic mass is 9.94. The van der Waals surface area contributed by atoms with Crippen LogP contribution in [0.2, 0.25) is 0 Å². The van der Waals surface area contributed by atoms with Crippen LogP contribution in [0.25, 0.3) is 0 Å². The number of nitrogens with two attached hydrogens (primary N) is 1. The number of hydrogen-bond donors (Lipinski definition) is 4. The van der Waals surface area contributed by atoms with Crippen LogP contribution in [-0.4, -0.2) is 61.6 Å². The minimum Gasteiger partial charge on any atom is -0.493 e. The van der Waals surface area contributed by atoms with Crippen LogP contribution in [-0.2, 0) is 4.74 Å². The van der Waals surface area contributed by atoms with E-state index in [0.717, 1.165) is 12.8 Å². The second-order valence-corrected chi connectivity index (χ2v) is 9.81. The van der Waals surface area contributed by atoms with Crippen LogP contribution >= 0.6 is 24.8 Å². The molecule has 0 aliphatic rings. The summed E-state index contributed by atoms with van der Waals surface area (Å²) in [6, 6.07) is 6.91. The first-order chi connectivity index (χ1) is 15.0. The van der Waals surface area contributed by atoms with Gasteiger partial charge in [0.05, 0.1) is 18.3 Å². The Morgan fingerprint density at radius 2 is 1.71 bits per heavy atom. The van der Waals surface area contributed by atoms with E-state index >= 15 is 0 Å². The molecule has 0 radical (unpaired) electrons. The topological polar surface area (TPSA) is 106 Å². The average Bonchev–Trinajstić information content (AvgIpc) is 2.73. The van der Waals surface area contributed by atoms with Crippen molar-refractivity contribution in [3.8, 4) is 5.75 Å². The van der Waals surface area contributed by atoms with Crippen molar-refractivity contribution in [2.24, 2.45) is 11.7 Å². The minimum absolute atomic E-state index is 0. The molecular formula is C25H47Cl2N3O4. The summed E-state index contributed by atoms with van der Waals surface area (Å²) >= 11 is 0. The van der Waals surface area contributed by atoms with Crippen molar-refractivity contribution in [1.29, 1.82) is 0 Å². The molecule has 0 fully saturated rings. The van der Waals surface area contributed by atoms with Gasteiger partial charge in [-0.05, 0) is 64.5 Å². The first kappa shape index (κ1) is 35.1. The molecule has 0 spiro atoms. The number of para-hydroxylation sites is 1. The van der Waals surface area contributed by atoms with E-state index in [1.807, 2.05) is 18.2 Å². The Kier molecular flexibility index (Phi) is 18.8. The van der Waals surface area contributed by atoms with E-state index in [1.54, 1.807) is 13.2 Å². The third kappa shape index (κ3) is 14.3. The molecule has 1 rings (SSSR count). The van der Waals surface area contributed by atoms with Gasteiger partial charge in [0.15, 0.2) is 0 Å². The third-order valence-electron chi connectivity index (χ3n) is 5.40. The summed E-state index contributed by atoms with van der Waals surface area (Å²) in [5, 5.41) is 16.8. The summed E-state index contributed by atoms with van der Waals surface area (Å²) in [6.45, 7) is 12.0. The molecule has 9 heteroatoms. The number of methoxy groups -OCH3 is 1. The molecule has 0 unspecified atom stereocenters. The summed E-state index contributed by atoms with van der Waals surface area (Å²) in [6.07, 6.45) is 2.45. The van der Waals surface area contributed by atoms with Crippen LogP contribution in [0.3, 0.4) is 0 Å². The van der Waals surface area contributed by atoms with Crippen molar-refractivity contribution in [2.75, 3.05) is 26.9 Å². The van der Waals surface area contributed by atoms with Gasteiger partial charge in [-0.25, -0.2) is 0 Å². The highest BCUT2D eigenvalue weighted by molar-refractivity contribution is 5.97. The Hall–Kier alpha value is -1.09. The summed E-state index contributed by atoms with van der Waals surface area (Å²) in [4.78, 5) is 13.0. The predicted molar refractivity (Wildman–Crippen MR) is 145 cm³/mol. The molecule has 3 atom stereocenters. The van der Waals surface area contributed by atoms with Gasteiger partial charge in [0.2, 0.25) is 0 Å². The molecule has 0 saturated heterocycles. The Bertz CT molecular complexity index is 672. The molecule has 0 heterocycles. The number of carbonyl (C=O) groups is 1. The molecule has 7 nitrogen and oxygen atoms in total. The number of halogens is 2. The lowest BCUT2D eigenvalue weighted by Gasteiger charge is -2.28. The van der Waals surface area contributed by atoms with Crippen molar-refractivity contribution >= 4 is 30.7 Å². The highest BCUT2D eigenvalue weighted by Crippen LogP contribution is 2.20. The molecule has 200 valence electrons. The van der Waals surface area contributed by atoms with Crippen molar-refractivity contribution in [3.63, 3.8) is 0 Å². The van der Waals surface area contributed by atoms with Gasteiger partial charge < -0.3 is 30.9 Å². The highest BCUT2D eigenvalue weighted by Gasteiger charge is 2.23. The van der Waals surface area contributed by atoms with E-state index in [9.17, 15) is 9.90 Å². The van der Waals surface area contributed by atoms with Gasteiger partial charge in [-0.15, -0.1) is 24.8 Å². The SMILES string of the molecule is COCCCCOc1ccccc1C(=O)N[C@@H](CC[C@H](N)[C@@H](O)CNC(C)(C)C)C(C)C.Cl.Cl. The molecule has 1 aromatic carbocycles. The Labute approximate surface area is 218 Å². The number of hydrogen-bond acceptors (Lipinski definition) is 6. The van der Waals surface area contributed by atoms with E-state index in [2.05, 4.69) is 45.3 Å². The van der Waals surface area contributed by atoms with Crippen LogP contribution in [0, 0.1) is 5.92 Å². The van der Waals surface area contributed by atoms with E-state index < -0.39 is 6.10 Å². The van der Waals surface area contributed by atoms with E-state index in [-0.39, 0.29) is 54.3 Å². The van der Waals surface area contributed by atoms with Gasteiger partial charge in [0, 0.05) is 37.9 Å². The third-order valence-corrected chi connectivity index (χ3v) is 5.40. The zero-order valence-electron chi connectivity index (χ0n) is 21.6. The quantitative estimate of drug-likeness (QED) is 0.259. The number of aliphatic hydroxyl groups is 1. The molecule has 0 saturated carbocycles. The number of ether oxygens (including phenoxy) is 2. The smallest absolute Gasteiger partial charge is 0.255 e.